The van der Waals surface area contributed by atoms with Crippen LogP contribution >= 0.6 is 34.1 Å². The van der Waals surface area contributed by atoms with Gasteiger partial charge < -0.3 is 10.2 Å². The number of rotatable bonds is 4. The van der Waals surface area contributed by atoms with Gasteiger partial charge in [0.1, 0.15) is 18.1 Å². The summed E-state index contributed by atoms with van der Waals surface area (Å²) in [7, 11) is 0. The van der Waals surface area contributed by atoms with Gasteiger partial charge in [0.2, 0.25) is 0 Å². The number of nitrogens with zero attached hydrogens (tertiary/aromatic N) is 2. The monoisotopic (exact) mass is 348 g/mol. The molecular formula is C9H9IN4OS. The van der Waals surface area contributed by atoms with Crippen LogP contribution in [0.1, 0.15) is 5.69 Å². The van der Waals surface area contributed by atoms with E-state index >= 15 is 0 Å². The average Bonchev–Trinajstić information content (AvgIpc) is 2.76. The molecule has 2 aromatic rings. The maximum absolute atomic E-state index is 5.55. The molecule has 0 aliphatic carbocycles. The molecule has 0 radical (unpaired) electrons. The highest BCUT2D eigenvalue weighted by Gasteiger charge is 2.06. The molecule has 3 N–H and O–H groups in total. The number of aromatic nitrogens is 2. The Morgan fingerprint density at radius 3 is 2.81 bits per heavy atom. The van der Waals surface area contributed by atoms with Crippen LogP contribution in [0.25, 0.3) is 0 Å². The molecule has 1 heterocycles. The van der Waals surface area contributed by atoms with Crippen LogP contribution in [-0.4, -0.2) is 9.59 Å². The van der Waals surface area contributed by atoms with E-state index in [0.717, 1.165) is 10.8 Å². The number of hydrogen-bond acceptors (Lipinski definition) is 6. The molecule has 0 spiro atoms. The van der Waals surface area contributed by atoms with Gasteiger partial charge in [0.05, 0.1) is 0 Å². The summed E-state index contributed by atoms with van der Waals surface area (Å²) in [6.45, 7) is 0.358. The smallest absolute Gasteiger partial charge is 0.150 e. The Kier molecular flexibility index (Phi) is 3.91. The fraction of sp³-hybridized carbons (Fsp3) is 0.111. The third-order valence-corrected chi connectivity index (χ3v) is 3.29. The molecule has 2 rings (SSSR count). The molecule has 1 aromatic carbocycles. The van der Waals surface area contributed by atoms with Gasteiger partial charge in [-0.3, -0.25) is 0 Å². The number of ether oxygens (including phenoxy) is 1. The van der Waals surface area contributed by atoms with Crippen molar-refractivity contribution >= 4 is 39.1 Å². The Labute approximate surface area is 110 Å². The van der Waals surface area contributed by atoms with Gasteiger partial charge in [0, 0.05) is 15.1 Å². The van der Waals surface area contributed by atoms with Crippen molar-refractivity contribution in [1.82, 2.24) is 9.59 Å². The van der Waals surface area contributed by atoms with Gasteiger partial charge in [-0.15, -0.1) is 5.10 Å². The summed E-state index contributed by atoms with van der Waals surface area (Å²) in [6, 6.07) is 7.79. The fourth-order valence-electron chi connectivity index (χ4n) is 1.10. The molecule has 0 saturated carbocycles. The summed E-state index contributed by atoms with van der Waals surface area (Å²) in [5, 5.41) is 4.65. The van der Waals surface area contributed by atoms with Crippen molar-refractivity contribution in [1.29, 1.82) is 0 Å². The molecule has 0 amide bonds. The van der Waals surface area contributed by atoms with Gasteiger partial charge in [-0.05, 0) is 46.9 Å². The van der Waals surface area contributed by atoms with Crippen molar-refractivity contribution in [3.05, 3.63) is 33.5 Å². The SMILES string of the molecule is NNc1snnc1COc1ccc(I)cc1. The highest BCUT2D eigenvalue weighted by molar-refractivity contribution is 14.1. The van der Waals surface area contributed by atoms with Gasteiger partial charge in [-0.1, -0.05) is 4.49 Å². The zero-order valence-corrected chi connectivity index (χ0v) is 11.2. The fourth-order valence-corrected chi connectivity index (χ4v) is 1.93. The van der Waals surface area contributed by atoms with Crippen molar-refractivity contribution in [2.24, 2.45) is 5.84 Å². The van der Waals surface area contributed by atoms with E-state index in [-0.39, 0.29) is 0 Å². The summed E-state index contributed by atoms with van der Waals surface area (Å²) >= 11 is 3.45. The summed E-state index contributed by atoms with van der Waals surface area (Å²) in [5.74, 6) is 6.11. The van der Waals surface area contributed by atoms with Crippen molar-refractivity contribution in [2.45, 2.75) is 6.61 Å². The molecule has 0 bridgehead atoms. The minimum absolute atomic E-state index is 0.358. The van der Waals surface area contributed by atoms with Crippen molar-refractivity contribution in [2.75, 3.05) is 5.43 Å². The molecule has 0 atom stereocenters. The van der Waals surface area contributed by atoms with E-state index in [2.05, 4.69) is 37.6 Å². The van der Waals surface area contributed by atoms with Gasteiger partial charge in [-0.2, -0.15) is 0 Å². The third-order valence-electron chi connectivity index (χ3n) is 1.88. The lowest BCUT2D eigenvalue weighted by atomic mass is 10.3. The van der Waals surface area contributed by atoms with E-state index in [1.165, 1.54) is 15.1 Å². The predicted octanol–water partition coefficient (Wildman–Crippen LogP) is 2.01. The van der Waals surface area contributed by atoms with Crippen LogP contribution < -0.4 is 16.0 Å². The van der Waals surface area contributed by atoms with Crippen LogP contribution in [-0.2, 0) is 6.61 Å². The summed E-state index contributed by atoms with van der Waals surface area (Å²) in [6.07, 6.45) is 0. The van der Waals surface area contributed by atoms with Gasteiger partial charge in [-0.25, -0.2) is 5.84 Å². The lowest BCUT2D eigenvalue weighted by Crippen LogP contribution is -2.08. The standard InChI is InChI=1S/C9H9IN4OS/c10-6-1-3-7(4-2-6)15-5-8-9(12-11)16-14-13-8/h1-4,12H,5,11H2. The quantitative estimate of drug-likeness (QED) is 0.502. The molecular weight excluding hydrogens is 339 g/mol. The van der Waals surface area contributed by atoms with Crippen molar-refractivity contribution in [3.63, 3.8) is 0 Å². The number of benzene rings is 1. The third kappa shape index (κ3) is 2.80. The average molecular weight is 348 g/mol. The van der Waals surface area contributed by atoms with E-state index in [4.69, 9.17) is 10.6 Å². The Bertz CT molecular complexity index is 459. The second-order valence-corrected chi connectivity index (χ2v) is 4.94. The lowest BCUT2D eigenvalue weighted by molar-refractivity contribution is 0.301. The number of hydrazine groups is 1. The Morgan fingerprint density at radius 2 is 2.12 bits per heavy atom. The molecule has 0 fully saturated rings. The highest BCUT2D eigenvalue weighted by atomic mass is 127. The first-order valence-corrected chi connectivity index (χ1v) is 6.31. The van der Waals surface area contributed by atoms with Gasteiger partial charge >= 0.3 is 0 Å². The van der Waals surface area contributed by atoms with E-state index in [9.17, 15) is 0 Å². The highest BCUT2D eigenvalue weighted by Crippen LogP contribution is 2.19. The number of nitrogens with two attached hydrogens (primary N) is 1. The molecule has 0 aliphatic rings. The summed E-state index contributed by atoms with van der Waals surface area (Å²) in [5.41, 5.74) is 3.25. The topological polar surface area (TPSA) is 73.1 Å². The Hall–Kier alpha value is -0.930. The number of nitrogen functional groups attached to an aromatic ring is 1. The molecule has 7 heteroatoms. The van der Waals surface area contributed by atoms with E-state index in [0.29, 0.717) is 12.3 Å². The molecule has 5 nitrogen and oxygen atoms in total. The normalized spacial score (nSPS) is 10.1. The minimum atomic E-state index is 0.358. The zero-order valence-electron chi connectivity index (χ0n) is 8.18. The summed E-state index contributed by atoms with van der Waals surface area (Å²) < 4.78 is 10.5. The first-order valence-electron chi connectivity index (χ1n) is 4.46. The van der Waals surface area contributed by atoms with Gasteiger partial charge in [0.25, 0.3) is 0 Å². The van der Waals surface area contributed by atoms with Crippen molar-refractivity contribution < 1.29 is 4.74 Å². The predicted molar refractivity (Wildman–Crippen MR) is 71.2 cm³/mol. The van der Waals surface area contributed by atoms with Crippen LogP contribution in [0.5, 0.6) is 5.75 Å². The molecule has 0 aliphatic heterocycles. The zero-order chi connectivity index (χ0) is 11.4. The molecule has 1 aromatic heterocycles. The van der Waals surface area contributed by atoms with Crippen molar-refractivity contribution in [3.8, 4) is 5.75 Å². The van der Waals surface area contributed by atoms with E-state index in [1.54, 1.807) is 0 Å². The van der Waals surface area contributed by atoms with Crippen LogP contribution in [0, 0.1) is 3.57 Å². The maximum Gasteiger partial charge on any atom is 0.150 e. The largest absolute Gasteiger partial charge is 0.487 e. The van der Waals surface area contributed by atoms with Crippen LogP contribution in [0.3, 0.4) is 0 Å². The second kappa shape index (κ2) is 5.41. The van der Waals surface area contributed by atoms with Gasteiger partial charge in [0.15, 0.2) is 5.00 Å². The Morgan fingerprint density at radius 1 is 1.38 bits per heavy atom. The second-order valence-electron chi connectivity index (χ2n) is 2.94. The Balaban J connectivity index is 1.99. The molecule has 0 unspecified atom stereocenters. The van der Waals surface area contributed by atoms with Crippen LogP contribution in [0.4, 0.5) is 5.00 Å². The molecule has 16 heavy (non-hydrogen) atoms. The maximum atomic E-state index is 5.55. The lowest BCUT2D eigenvalue weighted by Gasteiger charge is -2.04. The molecule has 0 saturated heterocycles. The first-order chi connectivity index (χ1) is 7.79. The molecule has 84 valence electrons. The van der Waals surface area contributed by atoms with Crippen LogP contribution in [0.2, 0.25) is 0 Å². The number of anilines is 1. The van der Waals surface area contributed by atoms with E-state index < -0.39 is 0 Å². The number of hydrogen-bond donors (Lipinski definition) is 2. The minimum Gasteiger partial charge on any atom is -0.487 e. The van der Waals surface area contributed by atoms with Crippen LogP contribution in [0.15, 0.2) is 24.3 Å². The van der Waals surface area contributed by atoms with E-state index in [1.807, 2.05) is 24.3 Å². The number of nitrogens with one attached hydrogen (secondary N) is 1. The first kappa shape index (κ1) is 11.6. The summed E-state index contributed by atoms with van der Waals surface area (Å²) in [4.78, 5) is 0. The number of halogens is 1.